The van der Waals surface area contributed by atoms with E-state index in [4.69, 9.17) is 0 Å². The van der Waals surface area contributed by atoms with Crippen molar-refractivity contribution in [1.82, 2.24) is 5.43 Å². The van der Waals surface area contributed by atoms with Gasteiger partial charge in [-0.25, -0.2) is 5.43 Å². The van der Waals surface area contributed by atoms with E-state index in [9.17, 15) is 4.79 Å². The molecule has 0 bridgehead atoms. The van der Waals surface area contributed by atoms with Crippen molar-refractivity contribution in [3.63, 3.8) is 0 Å². The van der Waals surface area contributed by atoms with Crippen LogP contribution >= 0.6 is 22.6 Å². The lowest BCUT2D eigenvalue weighted by Gasteiger charge is -2.06. The molecule has 2 rings (SSSR count). The summed E-state index contributed by atoms with van der Waals surface area (Å²) in [5.41, 5.74) is 6.45. The summed E-state index contributed by atoms with van der Waals surface area (Å²) in [5, 5.41) is 7.18. The minimum Gasteiger partial charge on any atom is -0.376 e. The van der Waals surface area contributed by atoms with Gasteiger partial charge in [0.2, 0.25) is 0 Å². The second kappa shape index (κ2) is 7.93. The van der Waals surface area contributed by atoms with Crippen LogP contribution in [0.15, 0.2) is 53.6 Å². The lowest BCUT2D eigenvalue weighted by molar-refractivity contribution is -0.119. The van der Waals surface area contributed by atoms with Gasteiger partial charge in [-0.2, -0.15) is 5.10 Å². The molecule has 0 unspecified atom stereocenters. The van der Waals surface area contributed by atoms with Gasteiger partial charge in [0.25, 0.3) is 5.91 Å². The standard InChI is InChI=1S/C17H18IN3O/c1-12-3-5-14(6-4-12)13(2)20-21-17(22)11-19-16-9-7-15(18)8-10-16/h3-10,19H,11H2,1-2H3,(H,21,22)/b20-13-. The molecular weight excluding hydrogens is 389 g/mol. The van der Waals surface area contributed by atoms with Gasteiger partial charge in [0, 0.05) is 9.26 Å². The van der Waals surface area contributed by atoms with Gasteiger partial charge in [0.1, 0.15) is 0 Å². The molecule has 114 valence electrons. The van der Waals surface area contributed by atoms with Crippen LogP contribution < -0.4 is 10.7 Å². The number of hydrogen-bond acceptors (Lipinski definition) is 3. The van der Waals surface area contributed by atoms with Gasteiger partial charge in [-0.3, -0.25) is 4.79 Å². The van der Waals surface area contributed by atoms with E-state index < -0.39 is 0 Å². The van der Waals surface area contributed by atoms with Crippen molar-refractivity contribution in [2.45, 2.75) is 13.8 Å². The van der Waals surface area contributed by atoms with E-state index in [1.165, 1.54) is 5.56 Å². The molecule has 0 heterocycles. The van der Waals surface area contributed by atoms with Gasteiger partial charge in [0.15, 0.2) is 0 Å². The average molecular weight is 407 g/mol. The molecule has 0 spiro atoms. The number of anilines is 1. The number of benzene rings is 2. The third-order valence-corrected chi connectivity index (χ3v) is 3.83. The smallest absolute Gasteiger partial charge is 0.259 e. The second-order valence-electron chi connectivity index (χ2n) is 4.96. The van der Waals surface area contributed by atoms with Crippen LogP contribution in [0.1, 0.15) is 18.1 Å². The first kappa shape index (κ1) is 16.5. The maximum Gasteiger partial charge on any atom is 0.259 e. The zero-order chi connectivity index (χ0) is 15.9. The van der Waals surface area contributed by atoms with E-state index in [1.807, 2.05) is 62.4 Å². The molecule has 0 atom stereocenters. The van der Waals surface area contributed by atoms with Crippen molar-refractivity contribution >= 4 is 39.9 Å². The molecule has 2 aromatic rings. The van der Waals surface area contributed by atoms with E-state index >= 15 is 0 Å². The van der Waals surface area contributed by atoms with Crippen LogP contribution in [0.3, 0.4) is 0 Å². The summed E-state index contributed by atoms with van der Waals surface area (Å²) in [6.45, 7) is 4.09. The van der Waals surface area contributed by atoms with Crippen molar-refractivity contribution in [2.75, 3.05) is 11.9 Å². The molecule has 0 saturated carbocycles. The monoisotopic (exact) mass is 407 g/mol. The van der Waals surface area contributed by atoms with Gasteiger partial charge in [-0.05, 0) is 66.3 Å². The van der Waals surface area contributed by atoms with Crippen molar-refractivity contribution in [3.8, 4) is 0 Å². The van der Waals surface area contributed by atoms with Crippen LogP contribution in [0.4, 0.5) is 5.69 Å². The number of nitrogens with one attached hydrogen (secondary N) is 2. The zero-order valence-electron chi connectivity index (χ0n) is 12.6. The number of halogens is 1. The predicted molar refractivity (Wildman–Crippen MR) is 99.2 cm³/mol. The van der Waals surface area contributed by atoms with E-state index in [2.05, 4.69) is 38.4 Å². The fourth-order valence-corrected chi connectivity index (χ4v) is 2.15. The molecule has 0 aliphatic rings. The minimum atomic E-state index is -0.176. The minimum absolute atomic E-state index is 0.176. The maximum atomic E-state index is 11.8. The van der Waals surface area contributed by atoms with Crippen LogP contribution in [0.25, 0.3) is 0 Å². The second-order valence-corrected chi connectivity index (χ2v) is 6.20. The van der Waals surface area contributed by atoms with E-state index in [0.717, 1.165) is 20.5 Å². The summed E-state index contributed by atoms with van der Waals surface area (Å²) >= 11 is 2.24. The molecule has 5 heteroatoms. The van der Waals surface area contributed by atoms with Gasteiger partial charge < -0.3 is 5.32 Å². The summed E-state index contributed by atoms with van der Waals surface area (Å²) in [4.78, 5) is 11.8. The van der Waals surface area contributed by atoms with Gasteiger partial charge in [-0.1, -0.05) is 29.8 Å². The SMILES string of the molecule is C/C(=N/NC(=O)CNc1ccc(I)cc1)c1ccc(C)cc1. The first-order valence-corrected chi connectivity index (χ1v) is 8.02. The van der Waals surface area contributed by atoms with E-state index in [-0.39, 0.29) is 12.5 Å². The van der Waals surface area contributed by atoms with Crippen molar-refractivity contribution in [1.29, 1.82) is 0 Å². The Labute approximate surface area is 144 Å². The summed E-state index contributed by atoms with van der Waals surface area (Å²) < 4.78 is 1.16. The van der Waals surface area contributed by atoms with Gasteiger partial charge in [0.05, 0.1) is 12.3 Å². The summed E-state index contributed by atoms with van der Waals surface area (Å²) in [7, 11) is 0. The number of carbonyl (C=O) groups is 1. The van der Waals surface area contributed by atoms with Crippen molar-refractivity contribution in [2.24, 2.45) is 5.10 Å². The van der Waals surface area contributed by atoms with Crippen LogP contribution in [0.2, 0.25) is 0 Å². The Morgan fingerprint density at radius 3 is 2.36 bits per heavy atom. The number of hydrogen-bond donors (Lipinski definition) is 2. The highest BCUT2D eigenvalue weighted by Crippen LogP contribution is 2.10. The average Bonchev–Trinajstić information content (AvgIpc) is 2.52. The topological polar surface area (TPSA) is 53.5 Å². The largest absolute Gasteiger partial charge is 0.376 e. The number of hydrazone groups is 1. The number of nitrogens with zero attached hydrogens (tertiary/aromatic N) is 1. The highest BCUT2D eigenvalue weighted by Gasteiger charge is 2.01. The summed E-state index contributed by atoms with van der Waals surface area (Å²) in [5.74, 6) is -0.176. The molecule has 0 aliphatic carbocycles. The first-order valence-electron chi connectivity index (χ1n) is 6.94. The number of aryl methyl sites for hydroxylation is 1. The molecule has 0 saturated heterocycles. The Morgan fingerprint density at radius 2 is 1.73 bits per heavy atom. The quantitative estimate of drug-likeness (QED) is 0.453. The molecule has 4 nitrogen and oxygen atoms in total. The Balaban J connectivity index is 1.85. The van der Waals surface area contributed by atoms with Crippen LogP contribution in [0.5, 0.6) is 0 Å². The Morgan fingerprint density at radius 1 is 1.09 bits per heavy atom. The third kappa shape index (κ3) is 5.14. The molecule has 2 aromatic carbocycles. The fraction of sp³-hybridized carbons (Fsp3) is 0.176. The predicted octanol–water partition coefficient (Wildman–Crippen LogP) is 3.55. The molecule has 0 aromatic heterocycles. The maximum absolute atomic E-state index is 11.8. The zero-order valence-corrected chi connectivity index (χ0v) is 14.7. The summed E-state index contributed by atoms with van der Waals surface area (Å²) in [6, 6.07) is 15.9. The normalized spacial score (nSPS) is 11.1. The number of rotatable bonds is 5. The molecular formula is C17H18IN3O. The third-order valence-electron chi connectivity index (χ3n) is 3.11. The van der Waals surface area contributed by atoms with Crippen LogP contribution in [-0.4, -0.2) is 18.2 Å². The van der Waals surface area contributed by atoms with Crippen molar-refractivity contribution < 1.29 is 4.79 Å². The van der Waals surface area contributed by atoms with E-state index in [0.29, 0.717) is 0 Å². The van der Waals surface area contributed by atoms with Crippen LogP contribution in [-0.2, 0) is 4.79 Å². The molecule has 2 N–H and O–H groups in total. The lowest BCUT2D eigenvalue weighted by Crippen LogP contribution is -2.26. The highest BCUT2D eigenvalue weighted by molar-refractivity contribution is 14.1. The summed E-state index contributed by atoms with van der Waals surface area (Å²) in [6.07, 6.45) is 0. The lowest BCUT2D eigenvalue weighted by atomic mass is 10.1. The molecule has 0 radical (unpaired) electrons. The Hall–Kier alpha value is -1.89. The van der Waals surface area contributed by atoms with E-state index in [1.54, 1.807) is 0 Å². The van der Waals surface area contributed by atoms with Gasteiger partial charge in [-0.15, -0.1) is 0 Å². The number of amides is 1. The van der Waals surface area contributed by atoms with Crippen LogP contribution in [0, 0.1) is 10.5 Å². The Bertz CT molecular complexity index is 663. The van der Waals surface area contributed by atoms with Crippen molar-refractivity contribution in [3.05, 3.63) is 63.2 Å². The first-order chi connectivity index (χ1) is 10.5. The molecule has 0 aliphatic heterocycles. The fourth-order valence-electron chi connectivity index (χ4n) is 1.80. The molecule has 22 heavy (non-hydrogen) atoms. The Kier molecular flexibility index (Phi) is 5.94. The molecule has 1 amide bonds. The van der Waals surface area contributed by atoms with Gasteiger partial charge >= 0.3 is 0 Å². The highest BCUT2D eigenvalue weighted by atomic mass is 127. The molecule has 0 fully saturated rings. The number of carbonyl (C=O) groups excluding carboxylic acids is 1.